The molecule has 1 heterocycles. The smallest absolute Gasteiger partial charge is 0.179 e. The van der Waals surface area contributed by atoms with Crippen molar-refractivity contribution in [3.05, 3.63) is 70.5 Å². The number of rotatable bonds is 5. The molecule has 1 aliphatic rings. The molecule has 4 heteroatoms. The van der Waals surface area contributed by atoms with Gasteiger partial charge in [-0.3, -0.25) is 9.69 Å². The molecule has 2 nitrogen and oxygen atoms in total. The second-order valence-corrected chi connectivity index (χ2v) is 7.29. The van der Waals surface area contributed by atoms with E-state index in [9.17, 15) is 9.18 Å². The fourth-order valence-corrected chi connectivity index (χ4v) is 3.65. The topological polar surface area (TPSA) is 20.3 Å². The maximum atomic E-state index is 13.0. The van der Waals surface area contributed by atoms with E-state index in [1.807, 2.05) is 19.1 Å². The highest BCUT2D eigenvalue weighted by Crippen LogP contribution is 2.24. The number of benzene rings is 2. The molecule has 0 amide bonds. The van der Waals surface area contributed by atoms with Gasteiger partial charge in [-0.2, -0.15) is 0 Å². The first-order valence-corrected chi connectivity index (χ1v) is 9.19. The molecule has 0 N–H and O–H groups in total. The van der Waals surface area contributed by atoms with Gasteiger partial charge in [0.25, 0.3) is 0 Å². The predicted molar refractivity (Wildman–Crippen MR) is 99.6 cm³/mol. The lowest BCUT2D eigenvalue weighted by Gasteiger charge is -2.35. The summed E-state index contributed by atoms with van der Waals surface area (Å²) >= 11 is 5.89. The van der Waals surface area contributed by atoms with Crippen LogP contribution in [0.4, 0.5) is 4.39 Å². The highest BCUT2D eigenvalue weighted by Gasteiger charge is 2.27. The summed E-state index contributed by atoms with van der Waals surface area (Å²) in [4.78, 5) is 14.9. The summed E-state index contributed by atoms with van der Waals surface area (Å²) < 4.78 is 13.0. The number of ketones is 1. The molecule has 0 aromatic heterocycles. The van der Waals surface area contributed by atoms with Gasteiger partial charge in [0, 0.05) is 10.6 Å². The van der Waals surface area contributed by atoms with Crippen LogP contribution in [0.1, 0.15) is 35.7 Å². The zero-order valence-corrected chi connectivity index (χ0v) is 15.2. The van der Waals surface area contributed by atoms with Gasteiger partial charge in [-0.05, 0) is 87.2 Å². The van der Waals surface area contributed by atoms with Gasteiger partial charge in [-0.1, -0.05) is 23.7 Å². The molecule has 0 aliphatic carbocycles. The normalized spacial score (nSPS) is 17.4. The largest absolute Gasteiger partial charge is 0.293 e. The summed E-state index contributed by atoms with van der Waals surface area (Å²) in [5.74, 6) is 0.557. The van der Waals surface area contributed by atoms with Crippen LogP contribution in [0.25, 0.3) is 0 Å². The van der Waals surface area contributed by atoms with Crippen molar-refractivity contribution in [2.45, 2.75) is 32.2 Å². The molecule has 0 saturated carbocycles. The van der Waals surface area contributed by atoms with Crippen LogP contribution in [-0.4, -0.2) is 29.8 Å². The summed E-state index contributed by atoms with van der Waals surface area (Å²) in [6, 6.07) is 13.8. The first-order chi connectivity index (χ1) is 12.0. The molecule has 3 rings (SSSR count). The van der Waals surface area contributed by atoms with E-state index in [1.165, 1.54) is 17.7 Å². The zero-order chi connectivity index (χ0) is 17.8. The number of Topliss-reactive ketones (excluding diaryl/α,β-unsaturated/α-hetero) is 1. The van der Waals surface area contributed by atoms with Crippen molar-refractivity contribution in [2.24, 2.45) is 5.92 Å². The van der Waals surface area contributed by atoms with Gasteiger partial charge in [0.1, 0.15) is 5.82 Å². The summed E-state index contributed by atoms with van der Waals surface area (Å²) in [6.07, 6.45) is 3.11. The molecule has 0 bridgehead atoms. The third kappa shape index (κ3) is 4.68. The summed E-state index contributed by atoms with van der Waals surface area (Å²) in [5, 5.41) is 0.644. The van der Waals surface area contributed by atoms with E-state index in [0.29, 0.717) is 16.5 Å². The van der Waals surface area contributed by atoms with Gasteiger partial charge in [0.05, 0.1) is 6.04 Å². The Hall–Kier alpha value is -1.71. The highest BCUT2D eigenvalue weighted by molar-refractivity contribution is 6.30. The fraction of sp³-hybridized carbons (Fsp3) is 0.381. The Morgan fingerprint density at radius 2 is 1.72 bits per heavy atom. The summed E-state index contributed by atoms with van der Waals surface area (Å²) in [7, 11) is 0. The van der Waals surface area contributed by atoms with Crippen LogP contribution >= 0.6 is 11.6 Å². The minimum absolute atomic E-state index is 0.118. The molecule has 1 unspecified atom stereocenters. The molecule has 1 fully saturated rings. The van der Waals surface area contributed by atoms with E-state index >= 15 is 0 Å². The lowest BCUT2D eigenvalue weighted by molar-refractivity contribution is 0.0771. The van der Waals surface area contributed by atoms with Crippen LogP contribution < -0.4 is 0 Å². The van der Waals surface area contributed by atoms with Crippen LogP contribution in [-0.2, 0) is 6.42 Å². The molecule has 1 aliphatic heterocycles. The van der Waals surface area contributed by atoms with Crippen LogP contribution in [0.3, 0.4) is 0 Å². The Kier molecular flexibility index (Phi) is 5.87. The van der Waals surface area contributed by atoms with Crippen molar-refractivity contribution in [1.29, 1.82) is 0 Å². The van der Waals surface area contributed by atoms with Gasteiger partial charge >= 0.3 is 0 Å². The number of hydrogen-bond donors (Lipinski definition) is 0. The minimum Gasteiger partial charge on any atom is -0.293 e. The number of likely N-dealkylation sites (tertiary alicyclic amines) is 1. The molecule has 132 valence electrons. The highest BCUT2D eigenvalue weighted by atomic mass is 35.5. The number of hydrogen-bond acceptors (Lipinski definition) is 2. The Labute approximate surface area is 153 Å². The van der Waals surface area contributed by atoms with Crippen molar-refractivity contribution < 1.29 is 9.18 Å². The predicted octanol–water partition coefficient (Wildman–Crippen LogP) is 5.01. The minimum atomic E-state index is -0.187. The number of carbonyl (C=O) groups is 1. The van der Waals surface area contributed by atoms with Crippen LogP contribution in [0.5, 0.6) is 0 Å². The van der Waals surface area contributed by atoms with Gasteiger partial charge in [-0.15, -0.1) is 0 Å². The number of halogens is 2. The lowest BCUT2D eigenvalue weighted by atomic mass is 9.89. The van der Waals surface area contributed by atoms with E-state index in [1.54, 1.807) is 24.3 Å². The molecule has 25 heavy (non-hydrogen) atoms. The lowest BCUT2D eigenvalue weighted by Crippen LogP contribution is -2.44. The Bertz CT molecular complexity index is 706. The number of piperidine rings is 1. The molecule has 2 aromatic carbocycles. The quantitative estimate of drug-likeness (QED) is 0.700. The van der Waals surface area contributed by atoms with E-state index in [0.717, 1.165) is 32.4 Å². The van der Waals surface area contributed by atoms with E-state index in [4.69, 9.17) is 11.6 Å². The first kappa shape index (κ1) is 18.1. The first-order valence-electron chi connectivity index (χ1n) is 8.81. The monoisotopic (exact) mass is 359 g/mol. The van der Waals surface area contributed by atoms with Crippen molar-refractivity contribution >= 4 is 17.4 Å². The second kappa shape index (κ2) is 8.11. The SMILES string of the molecule is CC(C(=O)c1ccc(Cl)cc1)N1CCC(Cc2ccc(F)cc2)CC1. The molecule has 2 aromatic rings. The van der Waals surface area contributed by atoms with Crippen LogP contribution in [0.15, 0.2) is 48.5 Å². The van der Waals surface area contributed by atoms with Gasteiger partial charge in [0.15, 0.2) is 5.78 Å². The third-order valence-corrected chi connectivity index (χ3v) is 5.39. The second-order valence-electron chi connectivity index (χ2n) is 6.86. The standard InChI is InChI=1S/C21H23ClFNO/c1-15(21(25)18-4-6-19(22)7-5-18)24-12-10-17(11-13-24)14-16-2-8-20(23)9-3-16/h2-9,15,17H,10-14H2,1H3. The van der Waals surface area contributed by atoms with Gasteiger partial charge < -0.3 is 0 Å². The molecule has 0 radical (unpaired) electrons. The van der Waals surface area contributed by atoms with Gasteiger partial charge in [-0.25, -0.2) is 4.39 Å². The van der Waals surface area contributed by atoms with Crippen molar-refractivity contribution in [3.63, 3.8) is 0 Å². The third-order valence-electron chi connectivity index (χ3n) is 5.14. The van der Waals surface area contributed by atoms with Crippen molar-refractivity contribution in [2.75, 3.05) is 13.1 Å². The van der Waals surface area contributed by atoms with Crippen molar-refractivity contribution in [1.82, 2.24) is 4.90 Å². The Balaban J connectivity index is 1.53. The van der Waals surface area contributed by atoms with E-state index in [-0.39, 0.29) is 17.6 Å². The average Bonchev–Trinajstić information content (AvgIpc) is 2.64. The van der Waals surface area contributed by atoms with E-state index < -0.39 is 0 Å². The van der Waals surface area contributed by atoms with E-state index in [2.05, 4.69) is 4.90 Å². The van der Waals surface area contributed by atoms with Crippen LogP contribution in [0, 0.1) is 11.7 Å². The maximum absolute atomic E-state index is 13.0. The molecule has 0 spiro atoms. The molecular formula is C21H23ClFNO. The van der Waals surface area contributed by atoms with Crippen molar-refractivity contribution in [3.8, 4) is 0 Å². The summed E-state index contributed by atoms with van der Waals surface area (Å²) in [5.41, 5.74) is 1.90. The molecule has 1 atom stereocenters. The maximum Gasteiger partial charge on any atom is 0.179 e. The Morgan fingerprint density at radius 1 is 1.12 bits per heavy atom. The average molecular weight is 360 g/mol. The summed E-state index contributed by atoms with van der Waals surface area (Å²) in [6.45, 7) is 3.83. The number of carbonyl (C=O) groups excluding carboxylic acids is 1. The number of nitrogens with zero attached hydrogens (tertiary/aromatic N) is 1. The Morgan fingerprint density at radius 3 is 2.32 bits per heavy atom. The van der Waals surface area contributed by atoms with Gasteiger partial charge in [0.2, 0.25) is 0 Å². The fourth-order valence-electron chi connectivity index (χ4n) is 3.52. The molecule has 1 saturated heterocycles. The van der Waals surface area contributed by atoms with Crippen LogP contribution in [0.2, 0.25) is 5.02 Å². The zero-order valence-electron chi connectivity index (χ0n) is 14.4. The molecular weight excluding hydrogens is 337 g/mol.